The maximum Gasteiger partial charge on any atom is 0.214 e. The molecule has 2 aliphatic rings. The van der Waals surface area contributed by atoms with Crippen LogP contribution in [-0.2, 0) is 21.3 Å². The molecule has 1 aliphatic heterocycles. The Morgan fingerprint density at radius 1 is 1.33 bits per heavy atom. The smallest absolute Gasteiger partial charge is 0.214 e. The van der Waals surface area contributed by atoms with Crippen molar-refractivity contribution in [2.75, 3.05) is 12.4 Å². The average molecular weight is 310 g/mol. The summed E-state index contributed by atoms with van der Waals surface area (Å²) in [6.45, 7) is 1.21. The Bertz CT molecular complexity index is 552. The molecule has 2 fully saturated rings. The largest absolute Gasteiger partial charge is 0.378 e. The number of nitrogens with zero attached hydrogens (tertiary/aromatic N) is 2. The molecule has 1 saturated carbocycles. The molecule has 116 valence electrons. The highest BCUT2D eigenvalue weighted by molar-refractivity contribution is 7.89. The monoisotopic (exact) mass is 310 g/mol. The van der Waals surface area contributed by atoms with Gasteiger partial charge in [-0.1, -0.05) is 6.07 Å². The van der Waals surface area contributed by atoms with Crippen LogP contribution < -0.4 is 0 Å². The van der Waals surface area contributed by atoms with Gasteiger partial charge in [0.2, 0.25) is 10.0 Å². The zero-order valence-electron chi connectivity index (χ0n) is 12.1. The molecule has 1 aliphatic carbocycles. The second-order valence-electron chi connectivity index (χ2n) is 5.88. The molecule has 1 unspecified atom stereocenters. The Balaban J connectivity index is 1.64. The third-order valence-electron chi connectivity index (χ3n) is 4.09. The standard InChI is InChI=1S/C15H22N2O3S/c18-21(19,10-7-15-4-2-9-20-15)17(14-5-6-14)12-13-3-1-8-16-11-13/h1,3,8,11,14-15H,2,4-7,9-10,12H2. The van der Waals surface area contributed by atoms with Crippen LogP contribution in [0, 0.1) is 0 Å². The molecule has 0 aromatic carbocycles. The van der Waals surface area contributed by atoms with Crippen LogP contribution in [0.3, 0.4) is 0 Å². The highest BCUT2D eigenvalue weighted by atomic mass is 32.2. The number of hydrogen-bond donors (Lipinski definition) is 0. The van der Waals surface area contributed by atoms with E-state index in [0.29, 0.717) is 13.0 Å². The van der Waals surface area contributed by atoms with Gasteiger partial charge >= 0.3 is 0 Å². The lowest BCUT2D eigenvalue weighted by Crippen LogP contribution is -2.35. The van der Waals surface area contributed by atoms with E-state index in [1.165, 1.54) is 0 Å². The third kappa shape index (κ3) is 4.02. The highest BCUT2D eigenvalue weighted by Gasteiger charge is 2.37. The van der Waals surface area contributed by atoms with Crippen molar-refractivity contribution in [1.29, 1.82) is 0 Å². The SMILES string of the molecule is O=S(=O)(CCC1CCCO1)N(Cc1cccnc1)C1CC1. The fourth-order valence-electron chi connectivity index (χ4n) is 2.76. The molecule has 5 nitrogen and oxygen atoms in total. The van der Waals surface area contributed by atoms with E-state index in [0.717, 1.165) is 37.9 Å². The van der Waals surface area contributed by atoms with Crippen LogP contribution in [0.15, 0.2) is 24.5 Å². The van der Waals surface area contributed by atoms with Crippen LogP contribution in [-0.4, -0.2) is 42.2 Å². The van der Waals surface area contributed by atoms with Crippen molar-refractivity contribution in [2.45, 2.75) is 50.8 Å². The first-order chi connectivity index (χ1) is 10.1. The summed E-state index contributed by atoms with van der Waals surface area (Å²) in [5.74, 6) is 0.189. The molecule has 1 saturated heterocycles. The van der Waals surface area contributed by atoms with Gasteiger partial charge in [-0.25, -0.2) is 8.42 Å². The van der Waals surface area contributed by atoms with Gasteiger partial charge in [0.1, 0.15) is 0 Å². The van der Waals surface area contributed by atoms with Gasteiger partial charge in [0.15, 0.2) is 0 Å². The van der Waals surface area contributed by atoms with E-state index in [2.05, 4.69) is 4.98 Å². The predicted octanol–water partition coefficient (Wildman–Crippen LogP) is 1.94. The maximum atomic E-state index is 12.6. The molecular weight excluding hydrogens is 288 g/mol. The minimum absolute atomic E-state index is 0.124. The Hall–Kier alpha value is -0.980. The fourth-order valence-corrected chi connectivity index (χ4v) is 4.56. The van der Waals surface area contributed by atoms with E-state index in [9.17, 15) is 8.42 Å². The summed E-state index contributed by atoms with van der Waals surface area (Å²) < 4.78 is 32.4. The van der Waals surface area contributed by atoms with E-state index in [1.54, 1.807) is 16.7 Å². The lowest BCUT2D eigenvalue weighted by Gasteiger charge is -2.22. The number of rotatable bonds is 7. The van der Waals surface area contributed by atoms with E-state index < -0.39 is 10.0 Å². The van der Waals surface area contributed by atoms with Crippen molar-refractivity contribution >= 4 is 10.0 Å². The highest BCUT2D eigenvalue weighted by Crippen LogP contribution is 2.31. The Labute approximate surface area is 126 Å². The molecule has 21 heavy (non-hydrogen) atoms. The van der Waals surface area contributed by atoms with Crippen molar-refractivity contribution in [3.8, 4) is 0 Å². The van der Waals surface area contributed by atoms with Crippen LogP contribution in [0.1, 0.15) is 37.7 Å². The molecule has 0 bridgehead atoms. The second kappa shape index (κ2) is 6.42. The third-order valence-corrected chi connectivity index (χ3v) is 5.99. The predicted molar refractivity (Wildman–Crippen MR) is 80.2 cm³/mol. The Morgan fingerprint density at radius 3 is 2.81 bits per heavy atom. The average Bonchev–Trinajstić information content (AvgIpc) is 3.18. The van der Waals surface area contributed by atoms with Crippen LogP contribution >= 0.6 is 0 Å². The van der Waals surface area contributed by atoms with Crippen LogP contribution in [0.2, 0.25) is 0 Å². The van der Waals surface area contributed by atoms with E-state index in [-0.39, 0.29) is 17.9 Å². The fraction of sp³-hybridized carbons (Fsp3) is 0.667. The summed E-state index contributed by atoms with van der Waals surface area (Å²) in [6, 6.07) is 3.96. The van der Waals surface area contributed by atoms with Gasteiger partial charge in [-0.2, -0.15) is 4.31 Å². The number of sulfonamides is 1. The summed E-state index contributed by atoms with van der Waals surface area (Å²) in [6.07, 6.45) is 8.16. The van der Waals surface area contributed by atoms with Crippen molar-refractivity contribution in [1.82, 2.24) is 9.29 Å². The van der Waals surface area contributed by atoms with Crippen LogP contribution in [0.25, 0.3) is 0 Å². The lowest BCUT2D eigenvalue weighted by atomic mass is 10.2. The van der Waals surface area contributed by atoms with Crippen molar-refractivity contribution in [3.63, 3.8) is 0 Å². The van der Waals surface area contributed by atoms with E-state index in [4.69, 9.17) is 4.74 Å². The molecule has 0 radical (unpaired) electrons. The molecule has 0 N–H and O–H groups in total. The van der Waals surface area contributed by atoms with Gasteiger partial charge in [0, 0.05) is 31.6 Å². The number of ether oxygens (including phenoxy) is 1. The number of aromatic nitrogens is 1. The normalized spacial score (nSPS) is 22.8. The minimum atomic E-state index is -3.22. The molecule has 0 amide bonds. The number of hydrogen-bond acceptors (Lipinski definition) is 4. The zero-order valence-corrected chi connectivity index (χ0v) is 13.0. The van der Waals surface area contributed by atoms with Crippen molar-refractivity contribution in [3.05, 3.63) is 30.1 Å². The summed E-state index contributed by atoms with van der Waals surface area (Å²) in [5, 5.41) is 0. The Kier molecular flexibility index (Phi) is 4.57. The maximum absolute atomic E-state index is 12.6. The minimum Gasteiger partial charge on any atom is -0.378 e. The zero-order chi connectivity index (χ0) is 14.7. The molecule has 1 aromatic rings. The van der Waals surface area contributed by atoms with Crippen molar-refractivity contribution < 1.29 is 13.2 Å². The van der Waals surface area contributed by atoms with Crippen LogP contribution in [0.5, 0.6) is 0 Å². The van der Waals surface area contributed by atoms with E-state index in [1.807, 2.05) is 12.1 Å². The van der Waals surface area contributed by atoms with Crippen molar-refractivity contribution in [2.24, 2.45) is 0 Å². The van der Waals surface area contributed by atoms with Gasteiger partial charge in [0.25, 0.3) is 0 Å². The molecule has 0 spiro atoms. The van der Waals surface area contributed by atoms with Crippen LogP contribution in [0.4, 0.5) is 0 Å². The van der Waals surface area contributed by atoms with Gasteiger partial charge in [-0.05, 0) is 43.7 Å². The topological polar surface area (TPSA) is 59.5 Å². The molecule has 1 atom stereocenters. The Morgan fingerprint density at radius 2 is 2.19 bits per heavy atom. The molecule has 6 heteroatoms. The summed E-state index contributed by atoms with van der Waals surface area (Å²) in [4.78, 5) is 4.07. The summed E-state index contributed by atoms with van der Waals surface area (Å²) >= 11 is 0. The van der Waals surface area contributed by atoms with E-state index >= 15 is 0 Å². The summed E-state index contributed by atoms with van der Waals surface area (Å²) in [5.41, 5.74) is 0.949. The second-order valence-corrected chi connectivity index (χ2v) is 7.92. The summed E-state index contributed by atoms with van der Waals surface area (Å²) in [7, 11) is -3.22. The lowest BCUT2D eigenvalue weighted by molar-refractivity contribution is 0.108. The van der Waals surface area contributed by atoms with Gasteiger partial charge in [-0.3, -0.25) is 4.98 Å². The first-order valence-electron chi connectivity index (χ1n) is 7.65. The number of pyridine rings is 1. The molecular formula is C15H22N2O3S. The first kappa shape index (κ1) is 14.9. The first-order valence-corrected chi connectivity index (χ1v) is 9.26. The molecule has 2 heterocycles. The molecule has 3 rings (SSSR count). The van der Waals surface area contributed by atoms with Gasteiger partial charge in [-0.15, -0.1) is 0 Å². The van der Waals surface area contributed by atoms with Gasteiger partial charge < -0.3 is 4.74 Å². The van der Waals surface area contributed by atoms with Gasteiger partial charge in [0.05, 0.1) is 11.9 Å². The molecule has 1 aromatic heterocycles. The quantitative estimate of drug-likeness (QED) is 0.772.